The molecule has 0 amide bonds. The minimum absolute atomic E-state index is 0.0884. The van der Waals surface area contributed by atoms with Gasteiger partial charge in [0.05, 0.1) is 12.3 Å². The molecule has 0 bridgehead atoms. The summed E-state index contributed by atoms with van der Waals surface area (Å²) in [5.41, 5.74) is 1.91. The Bertz CT molecular complexity index is 645. The lowest BCUT2D eigenvalue weighted by Crippen LogP contribution is -2.45. The van der Waals surface area contributed by atoms with E-state index in [0.717, 1.165) is 42.6 Å². The molecule has 1 aliphatic heterocycles. The van der Waals surface area contributed by atoms with Gasteiger partial charge in [-0.05, 0) is 36.8 Å². The van der Waals surface area contributed by atoms with Gasteiger partial charge in [-0.1, -0.05) is 31.2 Å². The van der Waals surface area contributed by atoms with Crippen molar-refractivity contribution in [1.29, 1.82) is 0 Å². The quantitative estimate of drug-likeness (QED) is 0.654. The molecule has 1 aromatic rings. The Hall–Kier alpha value is -1.56. The highest BCUT2D eigenvalue weighted by Gasteiger charge is 2.18. The maximum atomic E-state index is 11.3. The zero-order chi connectivity index (χ0) is 17.6. The fourth-order valence-corrected chi connectivity index (χ4v) is 3.65. The molecule has 0 aliphatic carbocycles. The standard InChI is InChI=1S/C18H29N3O2S/c1-4-19-18(21-11-9-15(2)10-12-21)20-13-16-5-7-17(8-6-16)14-24(3,22)23/h5-8,15H,4,9-14H2,1-3H3,(H,19,20). The van der Waals surface area contributed by atoms with Gasteiger partial charge in [-0.15, -0.1) is 0 Å². The summed E-state index contributed by atoms with van der Waals surface area (Å²) in [4.78, 5) is 7.08. The number of likely N-dealkylation sites (tertiary alicyclic amines) is 1. The third-order valence-corrected chi connectivity index (χ3v) is 5.14. The summed E-state index contributed by atoms with van der Waals surface area (Å²) in [6.45, 7) is 7.97. The second-order valence-corrected chi connectivity index (χ2v) is 8.87. The van der Waals surface area contributed by atoms with Gasteiger partial charge < -0.3 is 10.2 Å². The molecule has 0 spiro atoms. The molecule has 0 atom stereocenters. The van der Waals surface area contributed by atoms with E-state index < -0.39 is 9.84 Å². The average Bonchev–Trinajstić information content (AvgIpc) is 2.52. The van der Waals surface area contributed by atoms with Crippen molar-refractivity contribution in [1.82, 2.24) is 10.2 Å². The summed E-state index contributed by atoms with van der Waals surface area (Å²) < 4.78 is 22.7. The molecule has 6 heteroatoms. The van der Waals surface area contributed by atoms with E-state index in [0.29, 0.717) is 6.54 Å². The molecule has 1 N–H and O–H groups in total. The van der Waals surface area contributed by atoms with Gasteiger partial charge in [0, 0.05) is 25.9 Å². The van der Waals surface area contributed by atoms with E-state index in [4.69, 9.17) is 4.99 Å². The molecule has 24 heavy (non-hydrogen) atoms. The predicted octanol–water partition coefficient (Wildman–Crippen LogP) is 2.43. The van der Waals surface area contributed by atoms with Crippen LogP contribution in [0.3, 0.4) is 0 Å². The Balaban J connectivity index is 2.00. The smallest absolute Gasteiger partial charge is 0.194 e. The minimum atomic E-state index is -2.99. The van der Waals surface area contributed by atoms with Crippen LogP contribution < -0.4 is 5.32 Å². The summed E-state index contributed by atoms with van der Waals surface area (Å²) in [5.74, 6) is 1.86. The van der Waals surface area contributed by atoms with E-state index in [1.54, 1.807) is 0 Å². The van der Waals surface area contributed by atoms with Crippen LogP contribution in [0.4, 0.5) is 0 Å². The Kier molecular flexibility index (Phi) is 6.66. The molecule has 1 aromatic carbocycles. The Morgan fingerprint density at radius 2 is 1.79 bits per heavy atom. The second-order valence-electron chi connectivity index (χ2n) is 6.73. The van der Waals surface area contributed by atoms with Gasteiger partial charge in [-0.2, -0.15) is 0 Å². The largest absolute Gasteiger partial charge is 0.357 e. The van der Waals surface area contributed by atoms with E-state index in [-0.39, 0.29) is 5.75 Å². The lowest BCUT2D eigenvalue weighted by atomic mass is 10.00. The molecule has 5 nitrogen and oxygen atoms in total. The van der Waals surface area contributed by atoms with Gasteiger partial charge in [0.15, 0.2) is 15.8 Å². The number of rotatable bonds is 5. The highest BCUT2D eigenvalue weighted by molar-refractivity contribution is 7.89. The zero-order valence-electron chi connectivity index (χ0n) is 15.0. The number of benzene rings is 1. The van der Waals surface area contributed by atoms with E-state index in [1.165, 1.54) is 19.1 Å². The monoisotopic (exact) mass is 351 g/mol. The molecule has 0 saturated carbocycles. The molecular weight excluding hydrogens is 322 g/mol. The number of sulfone groups is 1. The van der Waals surface area contributed by atoms with Crippen molar-refractivity contribution in [2.45, 2.75) is 39.0 Å². The second kappa shape index (κ2) is 8.51. The first kappa shape index (κ1) is 18.8. The van der Waals surface area contributed by atoms with Crippen LogP contribution in [0.1, 0.15) is 37.8 Å². The molecule has 134 valence electrons. The van der Waals surface area contributed by atoms with Gasteiger partial charge in [-0.25, -0.2) is 13.4 Å². The lowest BCUT2D eigenvalue weighted by Gasteiger charge is -2.33. The maximum Gasteiger partial charge on any atom is 0.194 e. The number of nitrogens with one attached hydrogen (secondary N) is 1. The van der Waals surface area contributed by atoms with Crippen molar-refractivity contribution in [2.24, 2.45) is 10.9 Å². The van der Waals surface area contributed by atoms with Gasteiger partial charge in [0.2, 0.25) is 0 Å². The highest BCUT2D eigenvalue weighted by Crippen LogP contribution is 2.16. The van der Waals surface area contributed by atoms with Crippen LogP contribution in [0.2, 0.25) is 0 Å². The lowest BCUT2D eigenvalue weighted by molar-refractivity contribution is 0.273. The van der Waals surface area contributed by atoms with Crippen LogP contribution >= 0.6 is 0 Å². The first-order valence-corrected chi connectivity index (χ1v) is 10.7. The van der Waals surface area contributed by atoms with Crippen molar-refractivity contribution >= 4 is 15.8 Å². The summed E-state index contributed by atoms with van der Waals surface area (Å²) in [5, 5.41) is 3.38. The highest BCUT2D eigenvalue weighted by atomic mass is 32.2. The first-order valence-electron chi connectivity index (χ1n) is 8.66. The van der Waals surface area contributed by atoms with Gasteiger partial charge >= 0.3 is 0 Å². The summed E-state index contributed by atoms with van der Waals surface area (Å²) in [6, 6.07) is 7.68. The molecule has 1 fully saturated rings. The molecule has 0 unspecified atom stereocenters. The number of piperidine rings is 1. The topological polar surface area (TPSA) is 61.8 Å². The number of hydrogen-bond acceptors (Lipinski definition) is 3. The molecule has 2 rings (SSSR count). The first-order chi connectivity index (χ1) is 11.4. The van der Waals surface area contributed by atoms with Crippen LogP contribution in [0.5, 0.6) is 0 Å². The van der Waals surface area contributed by atoms with Crippen LogP contribution in [0.25, 0.3) is 0 Å². The van der Waals surface area contributed by atoms with Crippen molar-refractivity contribution in [3.63, 3.8) is 0 Å². The zero-order valence-corrected chi connectivity index (χ0v) is 15.8. The average molecular weight is 352 g/mol. The SMILES string of the molecule is CCNC(=NCc1ccc(CS(C)(=O)=O)cc1)N1CCC(C)CC1. The van der Waals surface area contributed by atoms with Crippen LogP contribution in [0, 0.1) is 5.92 Å². The fraction of sp³-hybridized carbons (Fsp3) is 0.611. The summed E-state index contributed by atoms with van der Waals surface area (Å²) >= 11 is 0. The van der Waals surface area contributed by atoms with Gasteiger partial charge in [0.1, 0.15) is 0 Å². The third kappa shape index (κ3) is 6.15. The fourth-order valence-electron chi connectivity index (χ4n) is 2.86. The number of aliphatic imine (C=N–C) groups is 1. The van der Waals surface area contributed by atoms with Crippen LogP contribution in [-0.2, 0) is 22.1 Å². The Morgan fingerprint density at radius 1 is 1.21 bits per heavy atom. The summed E-state index contributed by atoms with van der Waals surface area (Å²) in [6.07, 6.45) is 3.68. The molecule has 1 heterocycles. The Labute approximate surface area is 146 Å². The van der Waals surface area contributed by atoms with E-state index in [2.05, 4.69) is 24.1 Å². The van der Waals surface area contributed by atoms with Crippen molar-refractivity contribution < 1.29 is 8.42 Å². The van der Waals surface area contributed by atoms with Gasteiger partial charge in [-0.3, -0.25) is 0 Å². The predicted molar refractivity (Wildman–Crippen MR) is 99.8 cm³/mol. The molecule has 0 aromatic heterocycles. The number of nitrogens with zero attached hydrogens (tertiary/aromatic N) is 2. The van der Waals surface area contributed by atoms with E-state index >= 15 is 0 Å². The van der Waals surface area contributed by atoms with Crippen molar-refractivity contribution in [3.8, 4) is 0 Å². The van der Waals surface area contributed by atoms with Crippen LogP contribution in [0.15, 0.2) is 29.3 Å². The van der Waals surface area contributed by atoms with E-state index in [1.807, 2.05) is 24.3 Å². The Morgan fingerprint density at radius 3 is 2.33 bits per heavy atom. The molecule has 1 aliphatic rings. The molecule has 0 radical (unpaired) electrons. The van der Waals surface area contributed by atoms with Gasteiger partial charge in [0.25, 0.3) is 0 Å². The maximum absolute atomic E-state index is 11.3. The van der Waals surface area contributed by atoms with Crippen LogP contribution in [-0.4, -0.2) is 45.2 Å². The van der Waals surface area contributed by atoms with E-state index in [9.17, 15) is 8.42 Å². The number of hydrogen-bond donors (Lipinski definition) is 1. The van der Waals surface area contributed by atoms with Crippen molar-refractivity contribution in [2.75, 3.05) is 25.9 Å². The molecular formula is C18H29N3O2S. The summed E-state index contributed by atoms with van der Waals surface area (Å²) in [7, 11) is -2.99. The number of guanidine groups is 1. The minimum Gasteiger partial charge on any atom is -0.357 e. The van der Waals surface area contributed by atoms with Crippen molar-refractivity contribution in [3.05, 3.63) is 35.4 Å². The normalized spacial score (nSPS) is 17.1. The third-order valence-electron chi connectivity index (χ3n) is 4.28. The molecule has 1 saturated heterocycles.